The zero-order valence-electron chi connectivity index (χ0n) is 9.95. The first-order chi connectivity index (χ1) is 8.25. The second kappa shape index (κ2) is 6.24. The summed E-state index contributed by atoms with van der Waals surface area (Å²) in [6.45, 7) is 4.14. The van der Waals surface area contributed by atoms with Gasteiger partial charge in [0.05, 0.1) is 19.8 Å². The molecule has 0 N–H and O–H groups in total. The molecule has 0 radical (unpaired) electrons. The Hall–Kier alpha value is -0.770. The van der Waals surface area contributed by atoms with Crippen LogP contribution < -0.4 is 4.74 Å². The number of halogens is 1. The minimum atomic E-state index is -0.114. The lowest BCUT2D eigenvalue weighted by Crippen LogP contribution is -2.26. The summed E-state index contributed by atoms with van der Waals surface area (Å²) in [6.07, 6.45) is 1.62. The Bertz CT molecular complexity index is 362. The third-order valence-electron chi connectivity index (χ3n) is 2.64. The molecule has 94 valence electrons. The first kappa shape index (κ1) is 12.7. The molecule has 0 aliphatic carbocycles. The lowest BCUT2D eigenvalue weighted by molar-refractivity contribution is -0.183. The lowest BCUT2D eigenvalue weighted by atomic mass is 10.2. The molecule has 0 unspecified atom stereocenters. The van der Waals surface area contributed by atoms with E-state index in [0.29, 0.717) is 6.61 Å². The van der Waals surface area contributed by atoms with Crippen LogP contribution in [0.25, 0.3) is 0 Å². The summed E-state index contributed by atoms with van der Waals surface area (Å²) < 4.78 is 16.6. The molecule has 1 saturated heterocycles. The molecule has 0 saturated carbocycles. The van der Waals surface area contributed by atoms with Crippen LogP contribution in [0.3, 0.4) is 0 Å². The molecule has 2 rings (SSSR count). The SMILES string of the molecule is Cc1cc(Cl)ccc1OCCC1OCCCO1. The maximum atomic E-state index is 5.88. The van der Waals surface area contributed by atoms with Crippen molar-refractivity contribution in [3.63, 3.8) is 0 Å². The van der Waals surface area contributed by atoms with Gasteiger partial charge in [-0.3, -0.25) is 0 Å². The number of aryl methyl sites for hydroxylation is 1. The Labute approximate surface area is 107 Å². The molecule has 1 aliphatic rings. The van der Waals surface area contributed by atoms with Crippen molar-refractivity contribution in [2.24, 2.45) is 0 Å². The quantitative estimate of drug-likeness (QED) is 0.828. The molecular weight excluding hydrogens is 240 g/mol. The summed E-state index contributed by atoms with van der Waals surface area (Å²) in [5, 5.41) is 0.730. The van der Waals surface area contributed by atoms with Crippen LogP contribution in [0, 0.1) is 6.92 Å². The van der Waals surface area contributed by atoms with E-state index in [9.17, 15) is 0 Å². The Morgan fingerprint density at radius 1 is 1.35 bits per heavy atom. The largest absolute Gasteiger partial charge is 0.493 e. The van der Waals surface area contributed by atoms with Gasteiger partial charge in [-0.15, -0.1) is 0 Å². The standard InChI is InChI=1S/C13H17ClO3/c1-10-9-11(14)3-4-12(10)15-8-5-13-16-6-2-7-17-13/h3-4,9,13H,2,5-8H2,1H3. The van der Waals surface area contributed by atoms with Crippen LogP contribution in [0.5, 0.6) is 5.75 Å². The van der Waals surface area contributed by atoms with Crippen molar-refractivity contribution in [1.29, 1.82) is 0 Å². The Morgan fingerprint density at radius 2 is 2.12 bits per heavy atom. The predicted octanol–water partition coefficient (Wildman–Crippen LogP) is 3.18. The van der Waals surface area contributed by atoms with Crippen molar-refractivity contribution in [1.82, 2.24) is 0 Å². The minimum Gasteiger partial charge on any atom is -0.493 e. The minimum absolute atomic E-state index is 0.114. The molecule has 0 spiro atoms. The molecule has 0 aromatic heterocycles. The van der Waals surface area contributed by atoms with Gasteiger partial charge in [-0.25, -0.2) is 0 Å². The third-order valence-corrected chi connectivity index (χ3v) is 2.88. The average Bonchev–Trinajstić information content (AvgIpc) is 2.33. The van der Waals surface area contributed by atoms with E-state index in [4.69, 9.17) is 25.8 Å². The highest BCUT2D eigenvalue weighted by molar-refractivity contribution is 6.30. The van der Waals surface area contributed by atoms with E-state index in [1.54, 1.807) is 0 Å². The van der Waals surface area contributed by atoms with Crippen molar-refractivity contribution in [2.75, 3.05) is 19.8 Å². The molecule has 1 aliphatic heterocycles. The summed E-state index contributed by atoms with van der Waals surface area (Å²) in [6, 6.07) is 5.61. The fourth-order valence-corrected chi connectivity index (χ4v) is 1.97. The second-order valence-electron chi connectivity index (χ2n) is 4.07. The van der Waals surface area contributed by atoms with Gasteiger partial charge < -0.3 is 14.2 Å². The van der Waals surface area contributed by atoms with Crippen LogP contribution in [0.15, 0.2) is 18.2 Å². The van der Waals surface area contributed by atoms with E-state index in [-0.39, 0.29) is 6.29 Å². The summed E-state index contributed by atoms with van der Waals surface area (Å²) >= 11 is 5.88. The molecule has 17 heavy (non-hydrogen) atoms. The Balaban J connectivity index is 1.77. The van der Waals surface area contributed by atoms with Gasteiger partial charge in [0, 0.05) is 11.4 Å². The maximum Gasteiger partial charge on any atom is 0.160 e. The van der Waals surface area contributed by atoms with Crippen molar-refractivity contribution < 1.29 is 14.2 Å². The molecule has 1 heterocycles. The predicted molar refractivity (Wildman–Crippen MR) is 66.6 cm³/mol. The fraction of sp³-hybridized carbons (Fsp3) is 0.538. The van der Waals surface area contributed by atoms with E-state index >= 15 is 0 Å². The van der Waals surface area contributed by atoms with Crippen LogP contribution in [-0.4, -0.2) is 26.1 Å². The topological polar surface area (TPSA) is 27.7 Å². The highest BCUT2D eigenvalue weighted by Gasteiger charge is 2.14. The molecule has 1 aromatic carbocycles. The highest BCUT2D eigenvalue weighted by Crippen LogP contribution is 2.22. The molecule has 0 atom stereocenters. The van der Waals surface area contributed by atoms with Crippen LogP contribution in [0.2, 0.25) is 5.02 Å². The highest BCUT2D eigenvalue weighted by atomic mass is 35.5. The zero-order valence-corrected chi connectivity index (χ0v) is 10.7. The average molecular weight is 257 g/mol. The van der Waals surface area contributed by atoms with E-state index in [1.165, 1.54) is 0 Å². The summed E-state index contributed by atoms with van der Waals surface area (Å²) in [5.74, 6) is 0.866. The second-order valence-corrected chi connectivity index (χ2v) is 4.51. The molecule has 0 bridgehead atoms. The maximum absolute atomic E-state index is 5.88. The van der Waals surface area contributed by atoms with Crippen molar-refractivity contribution in [3.8, 4) is 5.75 Å². The number of rotatable bonds is 4. The van der Waals surface area contributed by atoms with E-state index < -0.39 is 0 Å². The molecule has 4 heteroatoms. The lowest BCUT2D eigenvalue weighted by Gasteiger charge is -2.23. The van der Waals surface area contributed by atoms with E-state index in [0.717, 1.165) is 42.4 Å². The number of ether oxygens (including phenoxy) is 3. The van der Waals surface area contributed by atoms with Gasteiger partial charge in [-0.1, -0.05) is 11.6 Å². The molecule has 3 nitrogen and oxygen atoms in total. The first-order valence-corrected chi connectivity index (χ1v) is 6.25. The van der Waals surface area contributed by atoms with Crippen molar-refractivity contribution in [2.45, 2.75) is 26.1 Å². The number of hydrogen-bond acceptors (Lipinski definition) is 3. The van der Waals surface area contributed by atoms with Crippen LogP contribution in [-0.2, 0) is 9.47 Å². The molecule has 0 amide bonds. The van der Waals surface area contributed by atoms with Crippen molar-refractivity contribution in [3.05, 3.63) is 28.8 Å². The van der Waals surface area contributed by atoms with Crippen LogP contribution >= 0.6 is 11.6 Å². The normalized spacial score (nSPS) is 17.1. The van der Waals surface area contributed by atoms with Gasteiger partial charge in [-0.2, -0.15) is 0 Å². The Kier molecular flexibility index (Phi) is 4.66. The molecule has 1 aromatic rings. The number of benzene rings is 1. The van der Waals surface area contributed by atoms with Crippen molar-refractivity contribution >= 4 is 11.6 Å². The summed E-state index contributed by atoms with van der Waals surface area (Å²) in [5.41, 5.74) is 1.04. The summed E-state index contributed by atoms with van der Waals surface area (Å²) in [4.78, 5) is 0. The monoisotopic (exact) mass is 256 g/mol. The van der Waals surface area contributed by atoms with Gasteiger partial charge in [0.15, 0.2) is 6.29 Å². The van der Waals surface area contributed by atoms with Gasteiger partial charge in [0.2, 0.25) is 0 Å². The van der Waals surface area contributed by atoms with Crippen LogP contribution in [0.4, 0.5) is 0 Å². The first-order valence-electron chi connectivity index (χ1n) is 5.88. The van der Waals surface area contributed by atoms with Gasteiger partial charge >= 0.3 is 0 Å². The van der Waals surface area contributed by atoms with Gasteiger partial charge in [0.25, 0.3) is 0 Å². The number of hydrogen-bond donors (Lipinski definition) is 0. The molecule has 1 fully saturated rings. The van der Waals surface area contributed by atoms with E-state index in [1.807, 2.05) is 25.1 Å². The van der Waals surface area contributed by atoms with Crippen LogP contribution in [0.1, 0.15) is 18.4 Å². The smallest absolute Gasteiger partial charge is 0.160 e. The fourth-order valence-electron chi connectivity index (χ4n) is 1.74. The van der Waals surface area contributed by atoms with Gasteiger partial charge in [0.1, 0.15) is 5.75 Å². The van der Waals surface area contributed by atoms with Gasteiger partial charge in [-0.05, 0) is 37.1 Å². The third kappa shape index (κ3) is 3.87. The molecular formula is C13H17ClO3. The Morgan fingerprint density at radius 3 is 2.82 bits per heavy atom. The zero-order chi connectivity index (χ0) is 12.1. The summed E-state index contributed by atoms with van der Waals surface area (Å²) in [7, 11) is 0. The van der Waals surface area contributed by atoms with E-state index in [2.05, 4.69) is 0 Å².